The minimum Gasteiger partial charge on any atom is -0.338 e. The molecule has 2 rings (SSSR count). The normalized spacial score (nSPS) is 13.9. The SMILES string of the molecule is CCC(N)Cc1ccc2c(ccn2CC(F)(F)F)c1. The number of alkyl halides is 3. The number of hydrogen-bond acceptors (Lipinski definition) is 1. The maximum Gasteiger partial charge on any atom is 0.406 e. The molecule has 1 heterocycles. The summed E-state index contributed by atoms with van der Waals surface area (Å²) in [5.74, 6) is 0. The van der Waals surface area contributed by atoms with Gasteiger partial charge in [0.2, 0.25) is 0 Å². The molecule has 19 heavy (non-hydrogen) atoms. The van der Waals surface area contributed by atoms with Crippen molar-refractivity contribution in [3.63, 3.8) is 0 Å². The summed E-state index contributed by atoms with van der Waals surface area (Å²) in [7, 11) is 0. The smallest absolute Gasteiger partial charge is 0.338 e. The molecule has 0 amide bonds. The standard InChI is InChI=1S/C14H17F3N2/c1-2-12(18)8-10-3-4-13-11(7-10)5-6-19(13)9-14(15,16)17/h3-7,12H,2,8-9,18H2,1H3. The van der Waals surface area contributed by atoms with Crippen LogP contribution in [-0.2, 0) is 13.0 Å². The van der Waals surface area contributed by atoms with Gasteiger partial charge in [-0.05, 0) is 42.0 Å². The lowest BCUT2D eigenvalue weighted by atomic mass is 10.0. The molecule has 1 unspecified atom stereocenters. The molecule has 1 aromatic heterocycles. The quantitative estimate of drug-likeness (QED) is 0.906. The molecule has 2 aromatic rings. The Hall–Kier alpha value is -1.49. The van der Waals surface area contributed by atoms with Crippen molar-refractivity contribution in [2.24, 2.45) is 5.73 Å². The first kappa shape index (κ1) is 13.9. The highest BCUT2D eigenvalue weighted by molar-refractivity contribution is 5.80. The van der Waals surface area contributed by atoms with E-state index < -0.39 is 12.7 Å². The van der Waals surface area contributed by atoms with Crippen LogP contribution in [0.5, 0.6) is 0 Å². The van der Waals surface area contributed by atoms with Gasteiger partial charge in [0.05, 0.1) is 0 Å². The molecular formula is C14H17F3N2. The summed E-state index contributed by atoms with van der Waals surface area (Å²) in [5, 5.41) is 0.824. The summed E-state index contributed by atoms with van der Waals surface area (Å²) in [6.07, 6.45) is -1.10. The minimum atomic E-state index is -4.20. The number of rotatable bonds is 4. The van der Waals surface area contributed by atoms with Crippen LogP contribution in [0.4, 0.5) is 13.2 Å². The van der Waals surface area contributed by atoms with Crippen LogP contribution in [0.15, 0.2) is 30.5 Å². The van der Waals surface area contributed by atoms with Gasteiger partial charge in [0.25, 0.3) is 0 Å². The first-order valence-electron chi connectivity index (χ1n) is 6.29. The number of benzene rings is 1. The van der Waals surface area contributed by atoms with Gasteiger partial charge in [0.1, 0.15) is 6.54 Å². The zero-order valence-corrected chi connectivity index (χ0v) is 10.7. The van der Waals surface area contributed by atoms with Crippen molar-refractivity contribution in [3.05, 3.63) is 36.0 Å². The Kier molecular flexibility index (Phi) is 3.85. The van der Waals surface area contributed by atoms with Gasteiger partial charge in [0.15, 0.2) is 0 Å². The van der Waals surface area contributed by atoms with Crippen LogP contribution in [0.1, 0.15) is 18.9 Å². The summed E-state index contributed by atoms with van der Waals surface area (Å²) in [4.78, 5) is 0. The molecular weight excluding hydrogens is 253 g/mol. The van der Waals surface area contributed by atoms with E-state index in [2.05, 4.69) is 0 Å². The maximum atomic E-state index is 12.4. The zero-order valence-electron chi connectivity index (χ0n) is 10.7. The Labute approximate surface area is 110 Å². The molecule has 0 radical (unpaired) electrons. The fourth-order valence-corrected chi connectivity index (χ4v) is 2.15. The van der Waals surface area contributed by atoms with Crippen LogP contribution in [0.3, 0.4) is 0 Å². The number of fused-ring (bicyclic) bond motifs is 1. The third-order valence-corrected chi connectivity index (χ3v) is 3.21. The third-order valence-electron chi connectivity index (χ3n) is 3.21. The molecule has 5 heteroatoms. The van der Waals surface area contributed by atoms with Crippen LogP contribution in [0, 0.1) is 0 Å². The van der Waals surface area contributed by atoms with Crippen LogP contribution in [0.25, 0.3) is 10.9 Å². The summed E-state index contributed by atoms with van der Waals surface area (Å²) in [5.41, 5.74) is 7.55. The zero-order chi connectivity index (χ0) is 14.0. The lowest BCUT2D eigenvalue weighted by Crippen LogP contribution is -2.21. The van der Waals surface area contributed by atoms with E-state index in [1.165, 1.54) is 10.8 Å². The molecule has 0 aliphatic heterocycles. The van der Waals surface area contributed by atoms with Crippen molar-refractivity contribution >= 4 is 10.9 Å². The van der Waals surface area contributed by atoms with Gasteiger partial charge in [-0.2, -0.15) is 13.2 Å². The van der Waals surface area contributed by atoms with Gasteiger partial charge in [-0.3, -0.25) is 0 Å². The van der Waals surface area contributed by atoms with E-state index in [0.717, 1.165) is 23.8 Å². The summed E-state index contributed by atoms with van der Waals surface area (Å²) >= 11 is 0. The molecule has 0 spiro atoms. The molecule has 0 aliphatic carbocycles. The van der Waals surface area contributed by atoms with Gasteiger partial charge in [0, 0.05) is 17.8 Å². The molecule has 0 saturated heterocycles. The highest BCUT2D eigenvalue weighted by Crippen LogP contribution is 2.23. The van der Waals surface area contributed by atoms with Crippen molar-refractivity contribution in [1.82, 2.24) is 4.57 Å². The van der Waals surface area contributed by atoms with Crippen molar-refractivity contribution in [2.45, 2.75) is 38.5 Å². The fraction of sp³-hybridized carbons (Fsp3) is 0.429. The molecule has 2 N–H and O–H groups in total. The summed E-state index contributed by atoms with van der Waals surface area (Å²) in [6.45, 7) is 1.06. The van der Waals surface area contributed by atoms with Gasteiger partial charge in [-0.1, -0.05) is 13.0 Å². The Morgan fingerprint density at radius 1 is 1.26 bits per heavy atom. The van der Waals surface area contributed by atoms with Crippen LogP contribution in [0.2, 0.25) is 0 Å². The predicted octanol–water partition coefficient (Wildman–Crippen LogP) is 3.48. The maximum absolute atomic E-state index is 12.4. The second-order valence-electron chi connectivity index (χ2n) is 4.82. The van der Waals surface area contributed by atoms with E-state index in [-0.39, 0.29) is 6.04 Å². The van der Waals surface area contributed by atoms with Gasteiger partial charge in [-0.25, -0.2) is 0 Å². The molecule has 0 aliphatic rings. The van der Waals surface area contributed by atoms with E-state index in [9.17, 15) is 13.2 Å². The molecule has 2 nitrogen and oxygen atoms in total. The van der Waals surface area contributed by atoms with E-state index in [4.69, 9.17) is 5.73 Å². The summed E-state index contributed by atoms with van der Waals surface area (Å²) < 4.78 is 38.4. The Balaban J connectivity index is 2.26. The van der Waals surface area contributed by atoms with Crippen LogP contribution in [-0.4, -0.2) is 16.8 Å². The predicted molar refractivity (Wildman–Crippen MR) is 70.0 cm³/mol. The molecule has 1 aromatic carbocycles. The molecule has 104 valence electrons. The van der Waals surface area contributed by atoms with Crippen molar-refractivity contribution in [2.75, 3.05) is 0 Å². The Bertz CT molecular complexity index is 557. The number of nitrogens with two attached hydrogens (primary N) is 1. The van der Waals surface area contributed by atoms with E-state index in [0.29, 0.717) is 5.52 Å². The van der Waals surface area contributed by atoms with E-state index >= 15 is 0 Å². The van der Waals surface area contributed by atoms with Crippen LogP contribution >= 0.6 is 0 Å². The first-order valence-corrected chi connectivity index (χ1v) is 6.29. The largest absolute Gasteiger partial charge is 0.406 e. The lowest BCUT2D eigenvalue weighted by Gasteiger charge is -2.11. The fourth-order valence-electron chi connectivity index (χ4n) is 2.15. The first-order chi connectivity index (χ1) is 8.89. The lowest BCUT2D eigenvalue weighted by molar-refractivity contribution is -0.139. The average molecular weight is 270 g/mol. The molecule has 0 fully saturated rings. The molecule has 0 bridgehead atoms. The highest BCUT2D eigenvalue weighted by Gasteiger charge is 2.28. The van der Waals surface area contributed by atoms with Crippen molar-refractivity contribution in [3.8, 4) is 0 Å². The highest BCUT2D eigenvalue weighted by atomic mass is 19.4. The number of aromatic nitrogens is 1. The van der Waals surface area contributed by atoms with Gasteiger partial charge < -0.3 is 10.3 Å². The number of nitrogens with zero attached hydrogens (tertiary/aromatic N) is 1. The van der Waals surface area contributed by atoms with E-state index in [1.807, 2.05) is 19.1 Å². The Morgan fingerprint density at radius 3 is 2.63 bits per heavy atom. The molecule has 0 saturated carbocycles. The average Bonchev–Trinajstić information content (AvgIpc) is 2.69. The van der Waals surface area contributed by atoms with Gasteiger partial charge >= 0.3 is 6.18 Å². The topological polar surface area (TPSA) is 30.9 Å². The van der Waals surface area contributed by atoms with Crippen LogP contribution < -0.4 is 5.73 Å². The second kappa shape index (κ2) is 5.25. The minimum absolute atomic E-state index is 0.0923. The third kappa shape index (κ3) is 3.50. The van der Waals surface area contributed by atoms with Crippen molar-refractivity contribution < 1.29 is 13.2 Å². The summed E-state index contributed by atoms with van der Waals surface area (Å²) in [6, 6.07) is 7.30. The molecule has 1 atom stereocenters. The van der Waals surface area contributed by atoms with Crippen molar-refractivity contribution in [1.29, 1.82) is 0 Å². The second-order valence-corrected chi connectivity index (χ2v) is 4.82. The van der Waals surface area contributed by atoms with Gasteiger partial charge in [-0.15, -0.1) is 0 Å². The Morgan fingerprint density at radius 2 is 2.00 bits per heavy atom. The monoisotopic (exact) mass is 270 g/mol. The van der Waals surface area contributed by atoms with E-state index in [1.54, 1.807) is 12.1 Å². The number of halogens is 3. The number of hydrogen-bond donors (Lipinski definition) is 1.